The van der Waals surface area contributed by atoms with Crippen molar-refractivity contribution in [2.24, 2.45) is 0 Å². The topological polar surface area (TPSA) is 41.5 Å². The van der Waals surface area contributed by atoms with E-state index in [4.69, 9.17) is 14.7 Å². The first-order chi connectivity index (χ1) is 12.5. The van der Waals surface area contributed by atoms with Crippen LogP contribution in [0.15, 0.2) is 6.07 Å². The fourth-order valence-corrected chi connectivity index (χ4v) is 4.12. The zero-order chi connectivity index (χ0) is 18.6. The third-order valence-corrected chi connectivity index (χ3v) is 5.61. The standard InChI is InChI=1S/C21H36N4O/c1-21(2,3)20-22-17(16-26-4)14-19(23-20)25-13-9-10-18(15-25)24-11-7-5-6-8-12-24/h14,18H,5-13,15-16H2,1-4H3. The average Bonchev–Trinajstić information content (AvgIpc) is 2.91. The highest BCUT2D eigenvalue weighted by atomic mass is 16.5. The van der Waals surface area contributed by atoms with E-state index < -0.39 is 0 Å². The number of piperidine rings is 1. The zero-order valence-corrected chi connectivity index (χ0v) is 17.1. The molecule has 0 aromatic carbocycles. The molecule has 0 amide bonds. The lowest BCUT2D eigenvalue weighted by Gasteiger charge is -2.40. The molecule has 3 heterocycles. The number of aromatic nitrogens is 2. The van der Waals surface area contributed by atoms with Crippen LogP contribution in [0.5, 0.6) is 0 Å². The van der Waals surface area contributed by atoms with E-state index in [0.717, 1.165) is 30.4 Å². The molecule has 1 aromatic rings. The minimum Gasteiger partial charge on any atom is -0.378 e. The lowest BCUT2D eigenvalue weighted by Crippen LogP contribution is -2.48. The number of methoxy groups -OCH3 is 1. The van der Waals surface area contributed by atoms with Crippen LogP contribution in [0.4, 0.5) is 5.82 Å². The Morgan fingerprint density at radius 3 is 2.42 bits per heavy atom. The van der Waals surface area contributed by atoms with Crippen LogP contribution in [0, 0.1) is 0 Å². The molecule has 0 aliphatic carbocycles. The Balaban J connectivity index is 1.79. The van der Waals surface area contributed by atoms with Crippen LogP contribution in [0.2, 0.25) is 0 Å². The number of rotatable bonds is 4. The van der Waals surface area contributed by atoms with Crippen molar-refractivity contribution in [3.63, 3.8) is 0 Å². The van der Waals surface area contributed by atoms with Crippen molar-refractivity contribution in [3.05, 3.63) is 17.6 Å². The second-order valence-corrected chi connectivity index (χ2v) is 8.92. The number of hydrogen-bond acceptors (Lipinski definition) is 5. The summed E-state index contributed by atoms with van der Waals surface area (Å²) in [6.45, 7) is 11.8. The first-order valence-corrected chi connectivity index (χ1v) is 10.3. The molecule has 0 radical (unpaired) electrons. The van der Waals surface area contributed by atoms with Gasteiger partial charge in [0.2, 0.25) is 0 Å². The van der Waals surface area contributed by atoms with E-state index >= 15 is 0 Å². The molecule has 146 valence electrons. The monoisotopic (exact) mass is 360 g/mol. The van der Waals surface area contributed by atoms with Gasteiger partial charge in [0.1, 0.15) is 11.6 Å². The van der Waals surface area contributed by atoms with Gasteiger partial charge in [-0.15, -0.1) is 0 Å². The van der Waals surface area contributed by atoms with E-state index in [2.05, 4.69) is 36.6 Å². The number of nitrogens with zero attached hydrogens (tertiary/aromatic N) is 4. The highest BCUT2D eigenvalue weighted by Gasteiger charge is 2.28. The van der Waals surface area contributed by atoms with E-state index in [1.165, 1.54) is 51.6 Å². The minimum absolute atomic E-state index is 0.0571. The van der Waals surface area contributed by atoms with Gasteiger partial charge in [0.15, 0.2) is 0 Å². The molecule has 2 saturated heterocycles. The fraction of sp³-hybridized carbons (Fsp3) is 0.810. The lowest BCUT2D eigenvalue weighted by atomic mass is 9.95. The van der Waals surface area contributed by atoms with E-state index in [9.17, 15) is 0 Å². The fourth-order valence-electron chi connectivity index (χ4n) is 4.12. The lowest BCUT2D eigenvalue weighted by molar-refractivity contribution is 0.179. The molecule has 26 heavy (non-hydrogen) atoms. The predicted molar refractivity (Wildman–Crippen MR) is 107 cm³/mol. The molecular formula is C21H36N4O. The molecule has 5 nitrogen and oxygen atoms in total. The Hall–Kier alpha value is -1.20. The summed E-state index contributed by atoms with van der Waals surface area (Å²) in [5.41, 5.74) is 0.928. The van der Waals surface area contributed by atoms with Crippen molar-refractivity contribution in [1.82, 2.24) is 14.9 Å². The maximum Gasteiger partial charge on any atom is 0.136 e. The molecule has 1 aromatic heterocycles. The molecule has 0 bridgehead atoms. The molecule has 1 atom stereocenters. The van der Waals surface area contributed by atoms with Crippen LogP contribution in [0.1, 0.15) is 70.8 Å². The summed E-state index contributed by atoms with van der Waals surface area (Å²) in [5, 5.41) is 0. The van der Waals surface area contributed by atoms with Gasteiger partial charge in [0.05, 0.1) is 12.3 Å². The van der Waals surface area contributed by atoms with E-state index in [0.29, 0.717) is 12.6 Å². The third-order valence-electron chi connectivity index (χ3n) is 5.61. The van der Waals surface area contributed by atoms with Gasteiger partial charge in [0.25, 0.3) is 0 Å². The quantitative estimate of drug-likeness (QED) is 0.818. The van der Waals surface area contributed by atoms with Crippen molar-refractivity contribution in [2.45, 2.75) is 77.4 Å². The Labute approximate surface area is 159 Å². The summed E-state index contributed by atoms with van der Waals surface area (Å²) in [4.78, 5) is 14.9. The van der Waals surface area contributed by atoms with Crippen LogP contribution in [-0.2, 0) is 16.8 Å². The summed E-state index contributed by atoms with van der Waals surface area (Å²) in [6, 6.07) is 2.80. The van der Waals surface area contributed by atoms with E-state index in [1.54, 1.807) is 7.11 Å². The SMILES string of the molecule is COCc1cc(N2CCCC(N3CCCCCC3)C2)nc(C(C)(C)C)n1. The predicted octanol–water partition coefficient (Wildman–Crippen LogP) is 3.77. The first-order valence-electron chi connectivity index (χ1n) is 10.3. The van der Waals surface area contributed by atoms with Crippen molar-refractivity contribution < 1.29 is 4.74 Å². The molecule has 1 unspecified atom stereocenters. The largest absolute Gasteiger partial charge is 0.378 e. The van der Waals surface area contributed by atoms with Gasteiger partial charge in [-0.25, -0.2) is 9.97 Å². The smallest absolute Gasteiger partial charge is 0.136 e. The second-order valence-electron chi connectivity index (χ2n) is 8.92. The Kier molecular flexibility index (Phi) is 6.51. The molecule has 0 N–H and O–H groups in total. The summed E-state index contributed by atoms with van der Waals surface area (Å²) in [6.07, 6.45) is 8.07. The number of anilines is 1. The second kappa shape index (κ2) is 8.66. The van der Waals surface area contributed by atoms with E-state index in [-0.39, 0.29) is 5.41 Å². The van der Waals surface area contributed by atoms with Gasteiger partial charge in [-0.2, -0.15) is 0 Å². The molecule has 0 saturated carbocycles. The summed E-state index contributed by atoms with van der Waals surface area (Å²) in [5.74, 6) is 2.00. The molecular weight excluding hydrogens is 324 g/mol. The average molecular weight is 361 g/mol. The number of likely N-dealkylation sites (tertiary alicyclic amines) is 1. The van der Waals surface area contributed by atoms with Gasteiger partial charge in [0, 0.05) is 37.7 Å². The van der Waals surface area contributed by atoms with Gasteiger partial charge >= 0.3 is 0 Å². The summed E-state index contributed by atoms with van der Waals surface area (Å²) >= 11 is 0. The van der Waals surface area contributed by atoms with Crippen molar-refractivity contribution in [1.29, 1.82) is 0 Å². The maximum atomic E-state index is 5.35. The Morgan fingerprint density at radius 1 is 1.04 bits per heavy atom. The highest BCUT2D eigenvalue weighted by Crippen LogP contribution is 2.26. The van der Waals surface area contributed by atoms with Crippen LogP contribution in [-0.4, -0.2) is 54.2 Å². The first kappa shape index (κ1) is 19.6. The summed E-state index contributed by atoms with van der Waals surface area (Å²) in [7, 11) is 1.73. The van der Waals surface area contributed by atoms with Crippen molar-refractivity contribution in [2.75, 3.05) is 38.2 Å². The molecule has 3 rings (SSSR count). The van der Waals surface area contributed by atoms with Crippen LogP contribution in [0.25, 0.3) is 0 Å². The van der Waals surface area contributed by atoms with E-state index in [1.807, 2.05) is 0 Å². The van der Waals surface area contributed by atoms with Gasteiger partial charge in [-0.3, -0.25) is 4.90 Å². The summed E-state index contributed by atoms with van der Waals surface area (Å²) < 4.78 is 5.35. The van der Waals surface area contributed by atoms with Crippen molar-refractivity contribution in [3.8, 4) is 0 Å². The molecule has 5 heteroatoms. The molecule has 2 aliphatic heterocycles. The van der Waals surface area contributed by atoms with Gasteiger partial charge in [-0.05, 0) is 38.8 Å². The Morgan fingerprint density at radius 2 is 1.77 bits per heavy atom. The highest BCUT2D eigenvalue weighted by molar-refractivity contribution is 5.41. The third kappa shape index (κ3) is 4.95. The van der Waals surface area contributed by atoms with Crippen LogP contribution < -0.4 is 4.90 Å². The number of hydrogen-bond donors (Lipinski definition) is 0. The molecule has 2 fully saturated rings. The Bertz CT molecular complexity index is 576. The minimum atomic E-state index is -0.0571. The molecule has 2 aliphatic rings. The maximum absolute atomic E-state index is 5.35. The number of ether oxygens (including phenoxy) is 1. The molecule has 0 spiro atoms. The van der Waals surface area contributed by atoms with Crippen molar-refractivity contribution >= 4 is 5.82 Å². The van der Waals surface area contributed by atoms with Gasteiger partial charge < -0.3 is 9.64 Å². The van der Waals surface area contributed by atoms with Gasteiger partial charge in [-0.1, -0.05) is 33.6 Å². The normalized spacial score (nSPS) is 23.1. The van der Waals surface area contributed by atoms with Crippen LogP contribution in [0.3, 0.4) is 0 Å². The van der Waals surface area contributed by atoms with Crippen LogP contribution >= 0.6 is 0 Å². The zero-order valence-electron chi connectivity index (χ0n) is 17.1.